The van der Waals surface area contributed by atoms with Crippen molar-refractivity contribution in [3.63, 3.8) is 0 Å². The second-order valence-corrected chi connectivity index (χ2v) is 4.90. The Labute approximate surface area is 135 Å². The summed E-state index contributed by atoms with van der Waals surface area (Å²) in [4.78, 5) is 44.2. The number of hydrogen-bond donors (Lipinski definition) is 0. The van der Waals surface area contributed by atoms with Crippen LogP contribution in [0.2, 0.25) is 0 Å². The third-order valence-corrected chi connectivity index (χ3v) is 2.63. The molecule has 0 heterocycles. The van der Waals surface area contributed by atoms with Crippen molar-refractivity contribution in [3.8, 4) is 0 Å². The molecule has 132 valence electrons. The monoisotopic (exact) mass is 332 g/mol. The van der Waals surface area contributed by atoms with E-state index in [1.165, 1.54) is 27.7 Å². The molecule has 8 heteroatoms. The van der Waals surface area contributed by atoms with Crippen molar-refractivity contribution in [1.82, 2.24) is 0 Å². The summed E-state index contributed by atoms with van der Waals surface area (Å²) < 4.78 is 19.2. The zero-order valence-electron chi connectivity index (χ0n) is 14.0. The Morgan fingerprint density at radius 2 is 1.04 bits per heavy atom. The standard InChI is InChI=1S/C15H24O8/c1-10(22-12(3)16)14(18)20-8-6-5-7-9-21-15(19)11(2)23-13(4)17/h10-11H,5-9H2,1-4H3/t10-,11+. The highest BCUT2D eigenvalue weighted by molar-refractivity contribution is 5.78. The first-order valence-electron chi connectivity index (χ1n) is 7.41. The van der Waals surface area contributed by atoms with Gasteiger partial charge in [0.2, 0.25) is 0 Å². The molecular weight excluding hydrogens is 308 g/mol. The van der Waals surface area contributed by atoms with Crippen molar-refractivity contribution in [1.29, 1.82) is 0 Å². The highest BCUT2D eigenvalue weighted by atomic mass is 16.6. The van der Waals surface area contributed by atoms with Crippen molar-refractivity contribution < 1.29 is 38.1 Å². The largest absolute Gasteiger partial charge is 0.463 e. The SMILES string of the molecule is CC(=O)O[C@@H](C)C(=O)OCCCCCOC(=O)[C@@H](C)OC(C)=O. The predicted octanol–water partition coefficient (Wildman–Crippen LogP) is 1.15. The van der Waals surface area contributed by atoms with Crippen molar-refractivity contribution in [2.45, 2.75) is 59.2 Å². The Morgan fingerprint density at radius 3 is 1.35 bits per heavy atom. The normalized spacial score (nSPS) is 12.7. The lowest BCUT2D eigenvalue weighted by molar-refractivity contribution is -0.165. The molecule has 0 saturated heterocycles. The number of rotatable bonds is 10. The number of hydrogen-bond acceptors (Lipinski definition) is 8. The second-order valence-electron chi connectivity index (χ2n) is 4.90. The van der Waals surface area contributed by atoms with Gasteiger partial charge in [0.15, 0.2) is 12.2 Å². The lowest BCUT2D eigenvalue weighted by atomic mass is 10.2. The van der Waals surface area contributed by atoms with Crippen LogP contribution in [0, 0.1) is 0 Å². The molecule has 0 aromatic rings. The molecule has 0 aliphatic heterocycles. The Hall–Kier alpha value is -2.12. The van der Waals surface area contributed by atoms with E-state index in [2.05, 4.69) is 9.47 Å². The maximum absolute atomic E-state index is 11.4. The quantitative estimate of drug-likeness (QED) is 0.333. The smallest absolute Gasteiger partial charge is 0.347 e. The summed E-state index contributed by atoms with van der Waals surface area (Å²) in [7, 11) is 0. The fraction of sp³-hybridized carbons (Fsp3) is 0.733. The molecule has 0 radical (unpaired) electrons. The highest BCUT2D eigenvalue weighted by Gasteiger charge is 2.18. The molecule has 0 aliphatic rings. The molecule has 0 spiro atoms. The fourth-order valence-corrected chi connectivity index (χ4v) is 1.56. The van der Waals surface area contributed by atoms with Crippen molar-refractivity contribution in [2.24, 2.45) is 0 Å². The molecule has 0 fully saturated rings. The van der Waals surface area contributed by atoms with Gasteiger partial charge in [0.1, 0.15) is 0 Å². The van der Waals surface area contributed by atoms with E-state index in [9.17, 15) is 19.2 Å². The van der Waals surface area contributed by atoms with E-state index in [1.54, 1.807) is 0 Å². The van der Waals surface area contributed by atoms with E-state index >= 15 is 0 Å². The molecular formula is C15H24O8. The molecule has 0 N–H and O–H groups in total. The molecule has 0 aromatic carbocycles. The van der Waals surface area contributed by atoms with Gasteiger partial charge in [0.25, 0.3) is 0 Å². The minimum Gasteiger partial charge on any atom is -0.463 e. The van der Waals surface area contributed by atoms with Crippen molar-refractivity contribution in [3.05, 3.63) is 0 Å². The number of ether oxygens (including phenoxy) is 4. The Bertz CT molecular complexity index is 380. The molecule has 0 unspecified atom stereocenters. The third-order valence-electron chi connectivity index (χ3n) is 2.63. The number of carbonyl (C=O) groups is 4. The van der Waals surface area contributed by atoms with Gasteiger partial charge < -0.3 is 18.9 Å². The maximum atomic E-state index is 11.4. The zero-order valence-corrected chi connectivity index (χ0v) is 14.0. The van der Waals surface area contributed by atoms with Crippen LogP contribution in [-0.4, -0.2) is 49.3 Å². The summed E-state index contributed by atoms with van der Waals surface area (Å²) in [5.74, 6) is -2.28. The van der Waals surface area contributed by atoms with E-state index in [4.69, 9.17) is 9.47 Å². The van der Waals surface area contributed by atoms with Gasteiger partial charge in [0, 0.05) is 13.8 Å². The minimum atomic E-state index is -0.920. The van der Waals surface area contributed by atoms with Gasteiger partial charge in [-0.1, -0.05) is 0 Å². The van der Waals surface area contributed by atoms with E-state index < -0.39 is 36.1 Å². The molecule has 0 rings (SSSR count). The average Bonchev–Trinajstić information content (AvgIpc) is 2.44. The van der Waals surface area contributed by atoms with Crippen LogP contribution in [0.15, 0.2) is 0 Å². The van der Waals surface area contributed by atoms with Crippen LogP contribution < -0.4 is 0 Å². The summed E-state index contributed by atoms with van der Waals surface area (Å²) in [6.45, 7) is 5.70. The predicted molar refractivity (Wildman–Crippen MR) is 78.2 cm³/mol. The van der Waals surface area contributed by atoms with Gasteiger partial charge in [-0.2, -0.15) is 0 Å². The van der Waals surface area contributed by atoms with E-state index in [0.717, 1.165) is 0 Å². The van der Waals surface area contributed by atoms with Gasteiger partial charge in [-0.15, -0.1) is 0 Å². The van der Waals surface area contributed by atoms with Gasteiger partial charge >= 0.3 is 23.9 Å². The Kier molecular flexibility index (Phi) is 10.4. The molecule has 0 bridgehead atoms. The van der Waals surface area contributed by atoms with Crippen LogP contribution in [0.25, 0.3) is 0 Å². The number of carbonyl (C=O) groups excluding carboxylic acids is 4. The summed E-state index contributed by atoms with van der Waals surface area (Å²) >= 11 is 0. The molecule has 8 nitrogen and oxygen atoms in total. The fourth-order valence-electron chi connectivity index (χ4n) is 1.56. The summed E-state index contributed by atoms with van der Waals surface area (Å²) in [5, 5.41) is 0. The third kappa shape index (κ3) is 11.1. The van der Waals surface area contributed by atoms with Crippen LogP contribution in [0.3, 0.4) is 0 Å². The van der Waals surface area contributed by atoms with E-state index in [-0.39, 0.29) is 13.2 Å². The second kappa shape index (κ2) is 11.4. The van der Waals surface area contributed by atoms with Crippen LogP contribution in [0.1, 0.15) is 47.0 Å². The Balaban J connectivity index is 3.63. The Morgan fingerprint density at radius 1 is 0.696 bits per heavy atom. The molecule has 0 saturated carbocycles. The van der Waals surface area contributed by atoms with Crippen LogP contribution in [-0.2, 0) is 38.1 Å². The lowest BCUT2D eigenvalue weighted by Crippen LogP contribution is -2.26. The van der Waals surface area contributed by atoms with Crippen molar-refractivity contribution >= 4 is 23.9 Å². The highest BCUT2D eigenvalue weighted by Crippen LogP contribution is 2.02. The summed E-state index contributed by atoms with van der Waals surface area (Å²) in [5.41, 5.74) is 0. The van der Waals surface area contributed by atoms with Gasteiger partial charge in [-0.3, -0.25) is 9.59 Å². The topological polar surface area (TPSA) is 105 Å². The van der Waals surface area contributed by atoms with Gasteiger partial charge in [0.05, 0.1) is 13.2 Å². The molecule has 0 aliphatic carbocycles. The first-order chi connectivity index (χ1) is 10.7. The van der Waals surface area contributed by atoms with Crippen molar-refractivity contribution in [2.75, 3.05) is 13.2 Å². The summed E-state index contributed by atoms with van der Waals surface area (Å²) in [6, 6.07) is 0. The van der Waals surface area contributed by atoms with Crippen LogP contribution in [0.5, 0.6) is 0 Å². The zero-order chi connectivity index (χ0) is 17.8. The summed E-state index contributed by atoms with van der Waals surface area (Å²) in [6.07, 6.45) is 0.0303. The van der Waals surface area contributed by atoms with Crippen LogP contribution >= 0.6 is 0 Å². The first kappa shape index (κ1) is 20.9. The van der Waals surface area contributed by atoms with E-state index in [0.29, 0.717) is 19.3 Å². The van der Waals surface area contributed by atoms with E-state index in [1.807, 2.05) is 0 Å². The van der Waals surface area contributed by atoms with Gasteiger partial charge in [-0.05, 0) is 33.1 Å². The maximum Gasteiger partial charge on any atom is 0.347 e. The lowest BCUT2D eigenvalue weighted by Gasteiger charge is -2.12. The average molecular weight is 332 g/mol. The molecule has 0 aromatic heterocycles. The van der Waals surface area contributed by atoms with Gasteiger partial charge in [-0.25, -0.2) is 9.59 Å². The number of esters is 4. The van der Waals surface area contributed by atoms with Crippen LogP contribution in [0.4, 0.5) is 0 Å². The number of unbranched alkanes of at least 4 members (excludes halogenated alkanes) is 2. The molecule has 0 amide bonds. The molecule has 2 atom stereocenters. The molecule has 23 heavy (non-hydrogen) atoms. The minimum absolute atomic E-state index is 0.197. The first-order valence-corrected chi connectivity index (χ1v) is 7.41.